The molecule has 6 rings (SSSR count). The maximum absolute atomic E-state index is 13.1. The van der Waals surface area contributed by atoms with Gasteiger partial charge in [-0.25, -0.2) is 0 Å². The molecule has 0 spiro atoms. The molecule has 0 bridgehead atoms. The first-order valence-electron chi connectivity index (χ1n) is 20.6. The molecule has 2 heterocycles. The van der Waals surface area contributed by atoms with Crippen LogP contribution in [0.3, 0.4) is 0 Å². The third-order valence-electron chi connectivity index (χ3n) is 15.2. The Kier molecular flexibility index (Phi) is 13.2. The maximum Gasteiger partial charge on any atom is 0.306 e. The van der Waals surface area contributed by atoms with Crippen LogP contribution in [0.4, 0.5) is 0 Å². The van der Waals surface area contributed by atoms with Crippen molar-refractivity contribution in [2.24, 2.45) is 40.4 Å². The maximum atomic E-state index is 13.1. The minimum atomic E-state index is -1.63. The van der Waals surface area contributed by atoms with Crippen LogP contribution in [0.15, 0.2) is 23.3 Å². The van der Waals surface area contributed by atoms with E-state index < -0.39 is 98.2 Å². The second kappa shape index (κ2) is 16.8. The average molecular weight is 799 g/mol. The number of aliphatic hydroxyl groups excluding tert-OH is 8. The molecule has 0 aromatic rings. The monoisotopic (exact) mass is 798 g/mol. The number of carboxylic acids is 1. The van der Waals surface area contributed by atoms with Crippen molar-refractivity contribution in [3.63, 3.8) is 0 Å². The summed E-state index contributed by atoms with van der Waals surface area (Å²) in [6, 6.07) is 0. The lowest BCUT2D eigenvalue weighted by atomic mass is 9.51. The van der Waals surface area contributed by atoms with E-state index >= 15 is 0 Å². The normalized spacial score (nSPS) is 46.1. The number of hydrogen-bond donors (Lipinski definition) is 10. The molecule has 0 radical (unpaired) electrons. The van der Waals surface area contributed by atoms with Crippen molar-refractivity contribution in [3.05, 3.63) is 23.3 Å². The molecule has 4 aliphatic carbocycles. The highest BCUT2D eigenvalue weighted by Crippen LogP contribution is 2.65. The number of carboxylic acid groups (broad SMARTS) is 1. The van der Waals surface area contributed by atoms with E-state index in [1.165, 1.54) is 11.1 Å². The van der Waals surface area contributed by atoms with Crippen LogP contribution in [0.5, 0.6) is 0 Å². The first-order chi connectivity index (χ1) is 26.3. The number of rotatable bonds is 13. The van der Waals surface area contributed by atoms with Crippen LogP contribution in [-0.2, 0) is 23.7 Å². The van der Waals surface area contributed by atoms with E-state index in [9.17, 15) is 55.9 Å². The van der Waals surface area contributed by atoms with Gasteiger partial charge in [-0.05, 0) is 110 Å². The lowest BCUT2D eigenvalue weighted by Gasteiger charge is -2.54. The predicted molar refractivity (Wildman–Crippen MR) is 198 cm³/mol. The Morgan fingerprint density at radius 3 is 2.07 bits per heavy atom. The summed E-state index contributed by atoms with van der Waals surface area (Å²) in [6.45, 7) is 8.59. The van der Waals surface area contributed by atoms with Gasteiger partial charge in [-0.15, -0.1) is 0 Å². The third-order valence-corrected chi connectivity index (χ3v) is 15.2. The minimum absolute atomic E-state index is 0.0906. The second-order valence-corrected chi connectivity index (χ2v) is 18.4. The molecule has 0 aromatic heterocycles. The first kappa shape index (κ1) is 44.0. The molecule has 6 aliphatic rings. The van der Waals surface area contributed by atoms with Crippen LogP contribution in [0, 0.1) is 40.4 Å². The number of hydrogen-bond acceptors (Lipinski definition) is 14. The molecular weight excluding hydrogens is 732 g/mol. The molecule has 0 unspecified atom stereocenters. The first-order valence-corrected chi connectivity index (χ1v) is 20.6. The van der Waals surface area contributed by atoms with Crippen molar-refractivity contribution < 1.29 is 74.8 Å². The zero-order chi connectivity index (χ0) is 41.1. The summed E-state index contributed by atoms with van der Waals surface area (Å²) >= 11 is 0. The molecule has 15 nitrogen and oxygen atoms in total. The minimum Gasteiger partial charge on any atom is -0.481 e. The Morgan fingerprint density at radius 2 is 1.48 bits per heavy atom. The largest absolute Gasteiger partial charge is 0.481 e. The fraction of sp³-hybridized carbons (Fsp3) is 0.878. The summed E-state index contributed by atoms with van der Waals surface area (Å²) in [5.74, 6) is -1.78. The van der Waals surface area contributed by atoms with Crippen molar-refractivity contribution in [2.45, 2.75) is 172 Å². The summed E-state index contributed by atoms with van der Waals surface area (Å²) in [5.41, 5.74) is 0.641. The highest BCUT2D eigenvalue weighted by molar-refractivity contribution is 5.70. The van der Waals surface area contributed by atoms with Crippen molar-refractivity contribution >= 4 is 5.97 Å². The van der Waals surface area contributed by atoms with Gasteiger partial charge >= 0.3 is 5.97 Å². The second-order valence-electron chi connectivity index (χ2n) is 18.4. The molecule has 2 aliphatic heterocycles. The van der Waals surface area contributed by atoms with Crippen molar-refractivity contribution in [2.75, 3.05) is 13.2 Å². The zero-order valence-corrected chi connectivity index (χ0v) is 33.3. The number of ether oxygens (including phenoxy) is 4. The quantitative estimate of drug-likeness (QED) is 0.123. The van der Waals surface area contributed by atoms with Crippen LogP contribution >= 0.6 is 0 Å². The topological polar surface area (TPSA) is 256 Å². The van der Waals surface area contributed by atoms with Gasteiger partial charge in [0.05, 0.1) is 36.9 Å². The SMILES string of the molecule is CC(C)[C@](O)(CC[C@@H](C(=O)O)[C@H]1CC[C@H]2C3=CC[C@@H]4C[C@@H](O[C@@H]5O[C@H](CO)[C@@H](O)[C@H](O)[C@H]5O)CC[C@]4(C)C3=CC[C@]12C)[C@@H](C)O[C@@H]1O[C@H](CO)[C@@H](O)[C@H](O)[C@H]1O. The van der Waals surface area contributed by atoms with Gasteiger partial charge in [-0.2, -0.15) is 0 Å². The van der Waals surface area contributed by atoms with Crippen LogP contribution in [0.25, 0.3) is 0 Å². The molecular formula is C41H66O15. The summed E-state index contributed by atoms with van der Waals surface area (Å²) in [7, 11) is 0. The standard InChI is InChI=1S/C41H66O15/c1-19(2)41(52,20(3)53-37-34(48)32(46)30(44)28(17-42)55-37)15-11-24(36(50)51)26-9-8-25-23-7-6-21-16-22(10-13-39(21,4)27(23)12-14-40(25,26)5)54-38-35(49)33(47)31(45)29(18-43)56-38/h7,12,19-22,24-26,28-35,37-38,42-49,52H,6,8-11,13-18H2,1-5H3,(H,50,51)/t20-,21-,22+,24-,25+,26-,28-,29-,30-,31-,32+,33+,34-,35-,37-,38-,39+,40+,41-/m1/s1. The predicted octanol–water partition coefficient (Wildman–Crippen LogP) is 0.744. The molecule has 0 amide bonds. The number of carbonyl (C=O) groups is 1. The molecule has 56 heavy (non-hydrogen) atoms. The van der Waals surface area contributed by atoms with E-state index in [1.807, 2.05) is 13.8 Å². The average Bonchev–Trinajstić information content (AvgIpc) is 3.51. The van der Waals surface area contributed by atoms with Crippen molar-refractivity contribution in [1.82, 2.24) is 0 Å². The fourth-order valence-electron chi connectivity index (χ4n) is 11.3. The highest BCUT2D eigenvalue weighted by atomic mass is 16.7. The van der Waals surface area contributed by atoms with Gasteiger partial charge in [0.1, 0.15) is 48.8 Å². The summed E-state index contributed by atoms with van der Waals surface area (Å²) in [5, 5.41) is 104. The molecule has 2 saturated heterocycles. The molecule has 15 heteroatoms. The molecule has 2 saturated carbocycles. The summed E-state index contributed by atoms with van der Waals surface area (Å²) in [4.78, 5) is 13.1. The van der Waals surface area contributed by atoms with Gasteiger partial charge in [0.25, 0.3) is 0 Å². The Labute approximate surface area is 328 Å². The van der Waals surface area contributed by atoms with Crippen molar-refractivity contribution in [3.8, 4) is 0 Å². The van der Waals surface area contributed by atoms with Crippen LogP contribution in [0.2, 0.25) is 0 Å². The molecule has 320 valence electrons. The number of aliphatic hydroxyl groups is 9. The lowest BCUT2D eigenvalue weighted by Crippen LogP contribution is -2.61. The Hall–Kier alpha value is -1.57. The molecule has 0 aromatic carbocycles. The van der Waals surface area contributed by atoms with Gasteiger partial charge in [0.2, 0.25) is 0 Å². The van der Waals surface area contributed by atoms with Gasteiger partial charge < -0.3 is 70.0 Å². The Balaban J connectivity index is 1.13. The van der Waals surface area contributed by atoms with Crippen LogP contribution in [-0.4, -0.2) is 149 Å². The lowest BCUT2D eigenvalue weighted by molar-refractivity contribution is -0.324. The van der Waals surface area contributed by atoms with Crippen molar-refractivity contribution in [1.29, 1.82) is 0 Å². The smallest absolute Gasteiger partial charge is 0.306 e. The molecule has 4 fully saturated rings. The fourth-order valence-corrected chi connectivity index (χ4v) is 11.3. The molecule has 19 atom stereocenters. The van der Waals surface area contributed by atoms with E-state index in [4.69, 9.17) is 18.9 Å². The zero-order valence-electron chi connectivity index (χ0n) is 33.3. The summed E-state index contributed by atoms with van der Waals surface area (Å²) < 4.78 is 23.3. The van der Waals surface area contributed by atoms with E-state index in [0.717, 1.165) is 32.1 Å². The third kappa shape index (κ3) is 7.67. The summed E-state index contributed by atoms with van der Waals surface area (Å²) in [6.07, 6.45) is -5.00. The molecule has 10 N–H and O–H groups in total. The van der Waals surface area contributed by atoms with Gasteiger partial charge in [-0.3, -0.25) is 4.79 Å². The van der Waals surface area contributed by atoms with E-state index in [2.05, 4.69) is 26.0 Å². The van der Waals surface area contributed by atoms with Crippen LogP contribution < -0.4 is 0 Å². The number of allylic oxidation sites excluding steroid dienone is 4. The van der Waals surface area contributed by atoms with Gasteiger partial charge in [0, 0.05) is 0 Å². The van der Waals surface area contributed by atoms with Gasteiger partial charge in [0.15, 0.2) is 12.6 Å². The number of aliphatic carboxylic acids is 1. The van der Waals surface area contributed by atoms with Crippen LogP contribution in [0.1, 0.15) is 92.4 Å². The van der Waals surface area contributed by atoms with E-state index in [-0.39, 0.29) is 53.4 Å². The van der Waals surface area contributed by atoms with E-state index in [1.54, 1.807) is 6.92 Å². The van der Waals surface area contributed by atoms with E-state index in [0.29, 0.717) is 12.8 Å². The Bertz CT molecular complexity index is 1450. The Morgan fingerprint density at radius 1 is 0.875 bits per heavy atom. The van der Waals surface area contributed by atoms with Gasteiger partial charge in [-0.1, -0.05) is 39.8 Å². The number of fused-ring (bicyclic) bond motifs is 5. The highest BCUT2D eigenvalue weighted by Gasteiger charge is 2.58.